The van der Waals surface area contributed by atoms with Crippen LogP contribution in [-0.4, -0.2) is 65.4 Å². The van der Waals surface area contributed by atoms with Gasteiger partial charge >= 0.3 is 5.69 Å². The second-order valence-corrected chi connectivity index (χ2v) is 7.60. The minimum Gasteiger partial charge on any atom is -0.386 e. The number of nitrogens with zero attached hydrogens (tertiary/aromatic N) is 1. The van der Waals surface area contributed by atoms with Crippen molar-refractivity contribution in [3.05, 3.63) is 33.1 Å². The summed E-state index contributed by atoms with van der Waals surface area (Å²) in [5.41, 5.74) is -1.18. The lowest BCUT2D eigenvalue weighted by molar-refractivity contribution is -0.223. The van der Waals surface area contributed by atoms with Crippen molar-refractivity contribution >= 4 is 0 Å². The van der Waals surface area contributed by atoms with Gasteiger partial charge in [-0.3, -0.25) is 14.3 Å². The number of rotatable bonds is 6. The highest BCUT2D eigenvalue weighted by Crippen LogP contribution is 2.33. The van der Waals surface area contributed by atoms with Crippen molar-refractivity contribution in [1.82, 2.24) is 9.55 Å². The lowest BCUT2D eigenvalue weighted by Gasteiger charge is -2.30. The summed E-state index contributed by atoms with van der Waals surface area (Å²) in [5.74, 6) is 0. The summed E-state index contributed by atoms with van der Waals surface area (Å²) in [6.07, 6.45) is 2.58. The quantitative estimate of drug-likeness (QED) is 0.682. The summed E-state index contributed by atoms with van der Waals surface area (Å²) in [7, 11) is 0. The maximum Gasteiger partial charge on any atom is 0.330 e. The van der Waals surface area contributed by atoms with Gasteiger partial charge in [0.15, 0.2) is 18.8 Å². The van der Waals surface area contributed by atoms with Crippen LogP contribution >= 0.6 is 0 Å². The Morgan fingerprint density at radius 2 is 1.83 bits per heavy atom. The molecule has 0 spiro atoms. The fourth-order valence-corrected chi connectivity index (χ4v) is 3.92. The molecule has 3 aliphatic rings. The Hall–Kier alpha value is -1.56. The Kier molecular flexibility index (Phi) is 6.78. The molecule has 0 aliphatic carbocycles. The normalized spacial score (nSPS) is 35.6. The van der Waals surface area contributed by atoms with Crippen molar-refractivity contribution in [3.8, 4) is 0 Å². The summed E-state index contributed by atoms with van der Waals surface area (Å²) < 4.78 is 30.2. The lowest BCUT2D eigenvalue weighted by Crippen LogP contribution is -2.42. The molecule has 0 aromatic carbocycles. The summed E-state index contributed by atoms with van der Waals surface area (Å²) >= 11 is 0. The van der Waals surface area contributed by atoms with Crippen LogP contribution in [0.2, 0.25) is 0 Å². The number of hydrogen-bond acceptors (Lipinski definition) is 8. The topological polar surface area (TPSA) is 121 Å². The summed E-state index contributed by atoms with van der Waals surface area (Å²) in [6, 6.07) is 1.21. The van der Waals surface area contributed by atoms with Gasteiger partial charge in [-0.1, -0.05) is 0 Å². The number of aliphatic hydroxyl groups is 1. The van der Waals surface area contributed by atoms with Crippen LogP contribution < -0.4 is 11.2 Å². The number of ether oxygens (including phenoxy) is 5. The van der Waals surface area contributed by atoms with Gasteiger partial charge in [-0.25, -0.2) is 4.79 Å². The second kappa shape index (κ2) is 9.50. The first-order valence-electron chi connectivity index (χ1n) is 10.3. The van der Waals surface area contributed by atoms with Crippen LogP contribution in [-0.2, 0) is 23.7 Å². The fraction of sp³-hybridized carbons (Fsp3) is 0.789. The van der Waals surface area contributed by atoms with E-state index in [4.69, 9.17) is 23.7 Å². The fourth-order valence-electron chi connectivity index (χ4n) is 3.92. The van der Waals surface area contributed by atoms with E-state index in [1.54, 1.807) is 0 Å². The molecule has 10 nitrogen and oxygen atoms in total. The second-order valence-electron chi connectivity index (χ2n) is 7.60. The molecular formula is C19H28N2O8. The lowest BCUT2D eigenvalue weighted by atomic mass is 10.1. The van der Waals surface area contributed by atoms with E-state index in [1.807, 2.05) is 0 Å². The largest absolute Gasteiger partial charge is 0.386 e. The predicted octanol–water partition coefficient (Wildman–Crippen LogP) is 0.250. The molecule has 0 bridgehead atoms. The van der Waals surface area contributed by atoms with E-state index >= 15 is 0 Å². The van der Waals surface area contributed by atoms with Gasteiger partial charge in [0.05, 0.1) is 6.61 Å². The van der Waals surface area contributed by atoms with Crippen molar-refractivity contribution < 1.29 is 28.8 Å². The molecular weight excluding hydrogens is 384 g/mol. The third-order valence-electron chi connectivity index (χ3n) is 5.47. The van der Waals surface area contributed by atoms with E-state index in [0.29, 0.717) is 13.2 Å². The SMILES string of the molecule is O=c1ccn([C@@H]2O[C@H](COC3CCCCO3)[C@@H](OC3CCCCO3)[C@@H]2O)c(=O)[nH]1. The molecule has 3 saturated heterocycles. The van der Waals surface area contributed by atoms with Gasteiger partial charge in [0.1, 0.15) is 18.3 Å². The molecule has 0 saturated carbocycles. The third-order valence-corrected chi connectivity index (χ3v) is 5.47. The van der Waals surface area contributed by atoms with Crippen molar-refractivity contribution in [1.29, 1.82) is 0 Å². The van der Waals surface area contributed by atoms with Crippen LogP contribution in [0.4, 0.5) is 0 Å². The highest BCUT2D eigenvalue weighted by Gasteiger charge is 2.47. The van der Waals surface area contributed by atoms with E-state index in [2.05, 4.69) is 4.98 Å². The molecule has 4 rings (SSSR count). The standard InChI is InChI=1S/C19H28N2O8/c22-13-7-8-21(19(24)20-13)18-16(23)17(29-15-6-2-4-10-26-15)12(28-18)11-27-14-5-1-3-9-25-14/h7-8,12,14-18,23H,1-6,9-11H2,(H,20,22,24)/t12-,14?,15?,16+,17-,18-/m1/s1. The van der Waals surface area contributed by atoms with Crippen molar-refractivity contribution in [2.75, 3.05) is 19.8 Å². The monoisotopic (exact) mass is 412 g/mol. The minimum absolute atomic E-state index is 0.147. The van der Waals surface area contributed by atoms with Gasteiger partial charge in [0, 0.05) is 25.5 Å². The molecule has 6 atom stereocenters. The van der Waals surface area contributed by atoms with Gasteiger partial charge < -0.3 is 28.8 Å². The Balaban J connectivity index is 1.49. The van der Waals surface area contributed by atoms with Crippen LogP contribution in [0.1, 0.15) is 44.8 Å². The Bertz CT molecular complexity index is 768. The molecule has 3 fully saturated rings. The van der Waals surface area contributed by atoms with E-state index in [-0.39, 0.29) is 12.9 Å². The van der Waals surface area contributed by atoms with Gasteiger partial charge in [-0.2, -0.15) is 0 Å². The summed E-state index contributed by atoms with van der Waals surface area (Å²) in [5, 5.41) is 10.9. The van der Waals surface area contributed by atoms with Crippen molar-refractivity contribution in [2.45, 2.75) is 75.6 Å². The van der Waals surface area contributed by atoms with Crippen molar-refractivity contribution in [3.63, 3.8) is 0 Å². The zero-order valence-corrected chi connectivity index (χ0v) is 16.2. The summed E-state index contributed by atoms with van der Waals surface area (Å²) in [6.45, 7) is 1.41. The van der Waals surface area contributed by atoms with Gasteiger partial charge in [-0.05, 0) is 38.5 Å². The highest BCUT2D eigenvalue weighted by atomic mass is 16.7. The van der Waals surface area contributed by atoms with Crippen LogP contribution in [0.15, 0.2) is 21.9 Å². The molecule has 0 amide bonds. The number of aromatic nitrogens is 2. The Morgan fingerprint density at radius 3 is 2.48 bits per heavy atom. The molecule has 3 aliphatic heterocycles. The minimum atomic E-state index is -1.13. The first-order chi connectivity index (χ1) is 14.1. The van der Waals surface area contributed by atoms with Crippen LogP contribution in [0.5, 0.6) is 0 Å². The van der Waals surface area contributed by atoms with Gasteiger partial charge in [0.25, 0.3) is 5.56 Å². The summed E-state index contributed by atoms with van der Waals surface area (Å²) in [4.78, 5) is 25.7. The predicted molar refractivity (Wildman–Crippen MR) is 99.2 cm³/mol. The molecule has 29 heavy (non-hydrogen) atoms. The van der Waals surface area contributed by atoms with Crippen LogP contribution in [0.25, 0.3) is 0 Å². The maximum absolute atomic E-state index is 12.2. The molecule has 1 aromatic rings. The third kappa shape index (κ3) is 4.96. The number of hydrogen-bond donors (Lipinski definition) is 2. The number of nitrogens with one attached hydrogen (secondary N) is 1. The smallest absolute Gasteiger partial charge is 0.330 e. The molecule has 10 heteroatoms. The van der Waals surface area contributed by atoms with E-state index in [1.165, 1.54) is 12.3 Å². The molecule has 2 unspecified atom stereocenters. The van der Waals surface area contributed by atoms with Crippen LogP contribution in [0.3, 0.4) is 0 Å². The average molecular weight is 412 g/mol. The Labute approximate surface area is 167 Å². The first kappa shape index (κ1) is 20.7. The number of H-pyrrole nitrogens is 1. The molecule has 4 heterocycles. The van der Waals surface area contributed by atoms with Gasteiger partial charge in [-0.15, -0.1) is 0 Å². The molecule has 162 valence electrons. The molecule has 0 radical (unpaired) electrons. The van der Waals surface area contributed by atoms with Crippen LogP contribution in [0, 0.1) is 0 Å². The number of aliphatic hydroxyl groups excluding tert-OH is 1. The molecule has 1 aromatic heterocycles. The van der Waals surface area contributed by atoms with E-state index in [0.717, 1.165) is 43.1 Å². The van der Waals surface area contributed by atoms with E-state index < -0.39 is 42.1 Å². The van der Waals surface area contributed by atoms with Crippen molar-refractivity contribution in [2.24, 2.45) is 0 Å². The highest BCUT2D eigenvalue weighted by molar-refractivity contribution is 4.94. The maximum atomic E-state index is 12.2. The average Bonchev–Trinajstić information content (AvgIpc) is 3.03. The Morgan fingerprint density at radius 1 is 1.10 bits per heavy atom. The first-order valence-corrected chi connectivity index (χ1v) is 10.3. The number of aromatic amines is 1. The zero-order chi connectivity index (χ0) is 20.2. The molecule has 2 N–H and O–H groups in total. The van der Waals surface area contributed by atoms with E-state index in [9.17, 15) is 14.7 Å². The zero-order valence-electron chi connectivity index (χ0n) is 16.2. The van der Waals surface area contributed by atoms with Gasteiger partial charge in [0.2, 0.25) is 0 Å².